The lowest BCUT2D eigenvalue weighted by Crippen LogP contribution is -2.66. The molecule has 0 aromatic carbocycles. The Balaban J connectivity index is 1.46. The summed E-state index contributed by atoms with van der Waals surface area (Å²) in [6.07, 6.45) is 29.5. The van der Waals surface area contributed by atoms with Crippen LogP contribution in [-0.2, 0) is 33.2 Å². The Labute approximate surface area is 510 Å². The van der Waals surface area contributed by atoms with E-state index in [1.165, 1.54) is 135 Å². The highest BCUT2D eigenvalue weighted by Gasteiger charge is 2.53. The Hall–Kier alpha value is -2.25. The molecule has 0 radical (unpaired) electrons. The van der Waals surface area contributed by atoms with E-state index >= 15 is 0 Å². The Bertz CT molecular complexity index is 1740. The van der Waals surface area contributed by atoms with Gasteiger partial charge in [0.25, 0.3) is 0 Å². The van der Waals surface area contributed by atoms with E-state index in [1.54, 1.807) is 6.08 Å². The van der Waals surface area contributed by atoms with Crippen LogP contribution < -0.4 is 5.32 Å². The van der Waals surface area contributed by atoms with Gasteiger partial charge in [-0.05, 0) is 64.2 Å². The second-order valence-corrected chi connectivity index (χ2v) is 23.9. The Morgan fingerprint density at radius 3 is 1.27 bits per heavy atom. The topological polar surface area (TPSA) is 307 Å². The molecule has 17 atom stereocenters. The molecule has 12 N–H and O–H groups in total. The average molecular weight is 1210 g/mol. The van der Waals surface area contributed by atoms with Crippen LogP contribution in [0.2, 0.25) is 0 Å². The number of carbonyl (C=O) groups is 1. The average Bonchev–Trinajstić information content (AvgIpc) is 3.49. The molecule has 0 bridgehead atoms. The molecule has 19 heteroatoms. The van der Waals surface area contributed by atoms with Gasteiger partial charge < -0.3 is 89.9 Å². The fourth-order valence-electron chi connectivity index (χ4n) is 11.1. The van der Waals surface area contributed by atoms with Crippen LogP contribution in [0.4, 0.5) is 0 Å². The predicted molar refractivity (Wildman–Crippen MR) is 328 cm³/mol. The molecule has 3 aliphatic heterocycles. The second kappa shape index (κ2) is 48.6. The number of aliphatic hydroxyl groups excluding tert-OH is 11. The largest absolute Gasteiger partial charge is 0.394 e. The monoisotopic (exact) mass is 1210 g/mol. The number of nitrogens with one attached hydrogen (secondary N) is 1. The first-order chi connectivity index (χ1) is 41.3. The van der Waals surface area contributed by atoms with E-state index in [0.717, 1.165) is 64.2 Å². The van der Waals surface area contributed by atoms with Gasteiger partial charge in [0.05, 0.1) is 38.6 Å². The van der Waals surface area contributed by atoms with Crippen molar-refractivity contribution in [2.75, 3.05) is 26.4 Å². The maximum atomic E-state index is 13.3. The van der Waals surface area contributed by atoms with Crippen molar-refractivity contribution in [1.82, 2.24) is 5.32 Å². The van der Waals surface area contributed by atoms with Crippen molar-refractivity contribution in [1.29, 1.82) is 0 Å². The lowest BCUT2D eigenvalue weighted by molar-refractivity contribution is -0.379. The van der Waals surface area contributed by atoms with Crippen molar-refractivity contribution in [3.8, 4) is 0 Å². The summed E-state index contributed by atoms with van der Waals surface area (Å²) in [6, 6.07) is -0.998. The van der Waals surface area contributed by atoms with Crippen LogP contribution >= 0.6 is 0 Å². The van der Waals surface area contributed by atoms with Crippen LogP contribution in [0.5, 0.6) is 0 Å². The maximum absolute atomic E-state index is 13.3. The molecule has 1 amide bonds. The van der Waals surface area contributed by atoms with Crippen molar-refractivity contribution in [3.05, 3.63) is 48.6 Å². The number of amides is 1. The summed E-state index contributed by atoms with van der Waals surface area (Å²) >= 11 is 0. The molecular weight excluding hydrogens is 1090 g/mol. The molecule has 3 saturated heterocycles. The molecule has 3 aliphatic rings. The van der Waals surface area contributed by atoms with Crippen LogP contribution in [0.1, 0.15) is 232 Å². The van der Waals surface area contributed by atoms with E-state index in [0.29, 0.717) is 12.8 Å². The lowest BCUT2D eigenvalue weighted by Gasteiger charge is -2.48. The first-order valence-electron chi connectivity index (χ1n) is 33.4. The molecule has 0 spiro atoms. The fourth-order valence-corrected chi connectivity index (χ4v) is 11.1. The first kappa shape index (κ1) is 77.0. The quantitative estimate of drug-likeness (QED) is 0.0204. The minimum atomic E-state index is -1.98. The minimum absolute atomic E-state index is 0.218. The van der Waals surface area contributed by atoms with Crippen molar-refractivity contribution in [2.45, 2.75) is 336 Å². The van der Waals surface area contributed by atoms with Gasteiger partial charge in [-0.1, -0.05) is 210 Å². The Morgan fingerprint density at radius 1 is 0.424 bits per heavy atom. The number of unbranched alkanes of at least 4 members (excludes halogenated alkanes) is 28. The normalized spacial score (nSPS) is 29.3. The Morgan fingerprint density at radius 2 is 0.788 bits per heavy atom. The summed E-state index contributed by atoms with van der Waals surface area (Å²) in [7, 11) is 0. The molecule has 3 rings (SSSR count). The van der Waals surface area contributed by atoms with E-state index in [9.17, 15) is 61.0 Å². The molecule has 496 valence electrons. The first-order valence-corrected chi connectivity index (χ1v) is 33.4. The van der Waals surface area contributed by atoms with Gasteiger partial charge in [0.1, 0.15) is 73.2 Å². The van der Waals surface area contributed by atoms with E-state index in [1.807, 2.05) is 6.08 Å². The standard InChI is InChI=1S/C66H119NO18/c1-3-5-7-9-11-13-15-17-19-20-21-22-23-24-25-26-27-28-30-31-33-35-37-39-41-43-50(71)49(67-54(72)44-42-40-38-36-34-32-29-18-16-14-12-10-8-6-4-2)48-80-64-60(78)57(75)62(52(46-69)82-64)85-66-61(79)58(76)63(53(47-70)83-66)84-65-59(77)56(74)55(73)51(45-68)81-65/h12,14,18,29,33,35,41,43,49-53,55-66,68-71,73-79H,3-11,13,15-17,19-28,30-32,34,36-40,42,44-48H2,1-2H3,(H,67,72)/b14-12-,29-18-,35-33+,43-41+. The minimum Gasteiger partial charge on any atom is -0.394 e. The summed E-state index contributed by atoms with van der Waals surface area (Å²) < 4.78 is 34.3. The van der Waals surface area contributed by atoms with Gasteiger partial charge >= 0.3 is 0 Å². The van der Waals surface area contributed by atoms with Crippen LogP contribution in [0, 0.1) is 0 Å². The molecule has 19 nitrogen and oxygen atoms in total. The van der Waals surface area contributed by atoms with E-state index in [2.05, 4.69) is 55.6 Å². The fraction of sp³-hybridized carbons (Fsp3) is 0.864. The van der Waals surface area contributed by atoms with E-state index in [-0.39, 0.29) is 18.9 Å². The molecule has 0 aromatic rings. The molecular formula is C66H119NO18. The molecule has 0 aliphatic carbocycles. The van der Waals surface area contributed by atoms with Gasteiger partial charge in [0.15, 0.2) is 18.9 Å². The van der Waals surface area contributed by atoms with E-state index in [4.69, 9.17) is 28.4 Å². The van der Waals surface area contributed by atoms with Crippen molar-refractivity contribution >= 4 is 5.91 Å². The highest BCUT2D eigenvalue weighted by atomic mass is 16.8. The van der Waals surface area contributed by atoms with Gasteiger partial charge in [-0.3, -0.25) is 4.79 Å². The molecule has 85 heavy (non-hydrogen) atoms. The number of hydrogen-bond acceptors (Lipinski definition) is 18. The zero-order chi connectivity index (χ0) is 61.9. The number of aliphatic hydroxyl groups is 11. The zero-order valence-corrected chi connectivity index (χ0v) is 52.1. The summed E-state index contributed by atoms with van der Waals surface area (Å²) in [6.45, 7) is 1.68. The van der Waals surface area contributed by atoms with Gasteiger partial charge in [-0.25, -0.2) is 0 Å². The number of rotatable bonds is 50. The maximum Gasteiger partial charge on any atom is 0.220 e. The summed E-state index contributed by atoms with van der Waals surface area (Å²) in [4.78, 5) is 13.3. The van der Waals surface area contributed by atoms with Crippen molar-refractivity contribution in [3.63, 3.8) is 0 Å². The van der Waals surface area contributed by atoms with Gasteiger partial charge in [-0.2, -0.15) is 0 Å². The SMILES string of the molecule is CCCCC/C=C\C/C=C\CCCCCCCC(=O)NC(COC1OC(CO)C(OC2OC(CO)C(OC3OC(CO)C(O)C(O)C3O)C(O)C2O)C(O)C1O)C(O)/C=C/CC/C=C/CCCCCCCCCCCCCCCCCCCCC. The third-order valence-corrected chi connectivity index (χ3v) is 16.6. The molecule has 0 aromatic heterocycles. The van der Waals surface area contributed by atoms with Crippen LogP contribution in [0.15, 0.2) is 48.6 Å². The summed E-state index contributed by atoms with van der Waals surface area (Å²) in [5.74, 6) is -0.299. The van der Waals surface area contributed by atoms with Gasteiger partial charge in [0, 0.05) is 6.42 Å². The number of carbonyl (C=O) groups excluding carboxylic acids is 1. The molecule has 0 saturated carbocycles. The van der Waals surface area contributed by atoms with Gasteiger partial charge in [-0.15, -0.1) is 0 Å². The third-order valence-electron chi connectivity index (χ3n) is 16.6. The molecule has 3 fully saturated rings. The smallest absolute Gasteiger partial charge is 0.220 e. The highest BCUT2D eigenvalue weighted by molar-refractivity contribution is 5.76. The predicted octanol–water partition coefficient (Wildman–Crippen LogP) is 7.83. The van der Waals surface area contributed by atoms with Crippen LogP contribution in [0.3, 0.4) is 0 Å². The van der Waals surface area contributed by atoms with Crippen LogP contribution in [0.25, 0.3) is 0 Å². The summed E-state index contributed by atoms with van der Waals surface area (Å²) in [5, 5.41) is 120. The zero-order valence-electron chi connectivity index (χ0n) is 52.1. The molecule has 17 unspecified atom stereocenters. The molecule has 3 heterocycles. The number of ether oxygens (including phenoxy) is 6. The highest BCUT2D eigenvalue weighted by Crippen LogP contribution is 2.33. The number of hydrogen-bond donors (Lipinski definition) is 12. The summed E-state index contributed by atoms with van der Waals surface area (Å²) in [5.41, 5.74) is 0. The third kappa shape index (κ3) is 31.4. The second-order valence-electron chi connectivity index (χ2n) is 23.9. The lowest BCUT2D eigenvalue weighted by atomic mass is 9.96. The Kier molecular flexibility index (Phi) is 44.0. The number of allylic oxidation sites excluding steroid dienone is 7. The van der Waals surface area contributed by atoms with Gasteiger partial charge in [0.2, 0.25) is 5.91 Å². The van der Waals surface area contributed by atoms with E-state index < -0.39 is 124 Å². The van der Waals surface area contributed by atoms with Crippen LogP contribution in [-0.4, -0.2) is 193 Å². The van der Waals surface area contributed by atoms with Crippen molar-refractivity contribution in [2.24, 2.45) is 0 Å². The van der Waals surface area contributed by atoms with Crippen molar-refractivity contribution < 1.29 is 89.4 Å².